The van der Waals surface area contributed by atoms with Gasteiger partial charge >= 0.3 is 16.4 Å². The molecule has 10 nitrogen and oxygen atoms in total. The Hall–Kier alpha value is -3.63. The number of aryl methyl sites for hydroxylation is 2. The molecule has 1 fully saturated rings. The molecule has 4 rings (SSSR count). The van der Waals surface area contributed by atoms with Gasteiger partial charge in [-0.1, -0.05) is 0 Å². The molecule has 1 aliphatic carbocycles. The average molecular weight is 658 g/mol. The molecule has 0 unspecified atom stereocenters. The van der Waals surface area contributed by atoms with Crippen LogP contribution in [-0.2, 0) is 39.6 Å². The maximum Gasteiger partial charge on any atom is 0.416 e. The molecule has 1 saturated carbocycles. The Kier molecular flexibility index (Phi) is 9.66. The predicted octanol–water partition coefficient (Wildman–Crippen LogP) is 4.24. The Bertz CT molecular complexity index is 1640. The Morgan fingerprint density at radius 2 is 1.86 bits per heavy atom. The summed E-state index contributed by atoms with van der Waals surface area (Å²) >= 11 is 1.10. The zero-order valence-corrected chi connectivity index (χ0v) is 26.0. The molecular formula is C28H31F4N5O5S2. The van der Waals surface area contributed by atoms with E-state index < -0.39 is 39.1 Å². The first kappa shape index (κ1) is 33.3. The number of nitrogens with one attached hydrogen (secondary N) is 1. The average Bonchev–Trinajstić information content (AvgIpc) is 3.68. The van der Waals surface area contributed by atoms with Gasteiger partial charge in [-0.25, -0.2) is 14.1 Å². The lowest BCUT2D eigenvalue weighted by molar-refractivity contribution is -0.137. The molecule has 0 atom stereocenters. The third-order valence-corrected chi connectivity index (χ3v) is 9.60. The summed E-state index contributed by atoms with van der Waals surface area (Å²) in [6.07, 6.45) is -2.05. The molecule has 1 aliphatic rings. The molecule has 2 amide bonds. The van der Waals surface area contributed by atoms with Crippen molar-refractivity contribution in [3.05, 3.63) is 74.7 Å². The monoisotopic (exact) mass is 657 g/mol. The normalized spacial score (nSPS) is 14.4. The van der Waals surface area contributed by atoms with Crippen LogP contribution in [0.25, 0.3) is 0 Å². The van der Waals surface area contributed by atoms with Crippen molar-refractivity contribution in [1.82, 2.24) is 23.9 Å². The Balaban J connectivity index is 1.58. The second-order valence-electron chi connectivity index (χ2n) is 10.5. The SMILES string of the molecule is COc1ccc(C2(C(=O)N(CCCc3cc(C(F)(F)F)ccc3F)Cc3nc(C(=O)NS(=O)(=O)N(C)C)c(C)s3)CC2)nc1. The number of ether oxygens (including phenoxy) is 1. The highest BCUT2D eigenvalue weighted by Gasteiger charge is 2.54. The van der Waals surface area contributed by atoms with E-state index >= 15 is 0 Å². The smallest absolute Gasteiger partial charge is 0.416 e. The van der Waals surface area contributed by atoms with E-state index in [0.29, 0.717) is 40.2 Å². The number of amides is 2. The highest BCUT2D eigenvalue weighted by molar-refractivity contribution is 7.87. The van der Waals surface area contributed by atoms with Crippen LogP contribution in [0, 0.1) is 12.7 Å². The predicted molar refractivity (Wildman–Crippen MR) is 154 cm³/mol. The van der Waals surface area contributed by atoms with Gasteiger partial charge in [-0.15, -0.1) is 11.3 Å². The van der Waals surface area contributed by atoms with E-state index in [1.165, 1.54) is 32.3 Å². The topological polar surface area (TPSA) is 122 Å². The van der Waals surface area contributed by atoms with Gasteiger partial charge in [-0.2, -0.15) is 25.9 Å². The first-order valence-corrected chi connectivity index (χ1v) is 15.7. The van der Waals surface area contributed by atoms with Crippen LogP contribution in [0.3, 0.4) is 0 Å². The zero-order valence-electron chi connectivity index (χ0n) is 24.4. The minimum atomic E-state index is -4.63. The van der Waals surface area contributed by atoms with Crippen molar-refractivity contribution in [2.75, 3.05) is 27.7 Å². The fourth-order valence-corrected chi connectivity index (χ4v) is 6.06. The third-order valence-electron chi connectivity index (χ3n) is 7.24. The number of methoxy groups -OCH3 is 1. The fourth-order valence-electron chi connectivity index (χ4n) is 4.60. The number of rotatable bonds is 12. The third kappa shape index (κ3) is 7.35. The van der Waals surface area contributed by atoms with E-state index in [2.05, 4.69) is 9.97 Å². The van der Waals surface area contributed by atoms with E-state index in [-0.39, 0.29) is 43.1 Å². The molecule has 238 valence electrons. The summed E-state index contributed by atoms with van der Waals surface area (Å²) in [7, 11) is -0.0655. The first-order valence-electron chi connectivity index (χ1n) is 13.4. The Labute approximate surface area is 256 Å². The summed E-state index contributed by atoms with van der Waals surface area (Å²) in [6.45, 7) is 1.56. The quantitative estimate of drug-likeness (QED) is 0.289. The zero-order chi connectivity index (χ0) is 32.4. The summed E-state index contributed by atoms with van der Waals surface area (Å²) in [5.74, 6) is -1.50. The number of nitrogens with zero attached hydrogens (tertiary/aromatic N) is 4. The highest BCUT2D eigenvalue weighted by Crippen LogP contribution is 2.49. The standard InChI is InChI=1S/C28H31F4N5O5S2/c1-17-24(25(38)35-44(40,41)36(2)3)34-23(43-17)16-37(13-5-6-18-14-19(28(30,31)32)7-9-21(18)29)26(39)27(11-12-27)22-10-8-20(42-4)15-33-22/h7-10,14-15H,5-6,11-13,16H2,1-4H3,(H,35,38). The van der Waals surface area contributed by atoms with Gasteiger partial charge in [0.15, 0.2) is 0 Å². The number of carbonyl (C=O) groups excluding carboxylic acids is 2. The van der Waals surface area contributed by atoms with Crippen LogP contribution >= 0.6 is 11.3 Å². The number of halogens is 4. The highest BCUT2D eigenvalue weighted by atomic mass is 32.2. The largest absolute Gasteiger partial charge is 0.495 e. The van der Waals surface area contributed by atoms with Crippen LogP contribution < -0.4 is 9.46 Å². The molecule has 1 aromatic carbocycles. The second kappa shape index (κ2) is 12.8. The summed E-state index contributed by atoms with van der Waals surface area (Å²) in [5.41, 5.74) is -1.62. The van der Waals surface area contributed by atoms with Gasteiger partial charge < -0.3 is 9.64 Å². The van der Waals surface area contributed by atoms with Gasteiger partial charge in [0.2, 0.25) is 5.91 Å². The molecule has 1 N–H and O–H groups in total. The van der Waals surface area contributed by atoms with E-state index in [4.69, 9.17) is 4.74 Å². The van der Waals surface area contributed by atoms with Crippen molar-refractivity contribution in [2.24, 2.45) is 0 Å². The first-order chi connectivity index (χ1) is 20.6. The van der Waals surface area contributed by atoms with Gasteiger partial charge in [0.05, 0.1) is 36.5 Å². The maximum absolute atomic E-state index is 14.4. The van der Waals surface area contributed by atoms with Gasteiger partial charge in [0, 0.05) is 25.5 Å². The van der Waals surface area contributed by atoms with Crippen LogP contribution in [0.15, 0.2) is 36.5 Å². The van der Waals surface area contributed by atoms with E-state index in [1.807, 2.05) is 4.72 Å². The van der Waals surface area contributed by atoms with Gasteiger partial charge in [-0.05, 0) is 68.5 Å². The number of benzene rings is 1. The molecule has 0 spiro atoms. The summed E-state index contributed by atoms with van der Waals surface area (Å²) in [6, 6.07) is 5.60. The van der Waals surface area contributed by atoms with Crippen molar-refractivity contribution in [3.8, 4) is 5.75 Å². The Morgan fingerprint density at radius 3 is 2.43 bits per heavy atom. The maximum atomic E-state index is 14.4. The molecular weight excluding hydrogens is 626 g/mol. The fraction of sp³-hybridized carbons (Fsp3) is 0.429. The molecule has 44 heavy (non-hydrogen) atoms. The van der Waals surface area contributed by atoms with Crippen LogP contribution in [0.5, 0.6) is 5.75 Å². The minimum absolute atomic E-state index is 0.0432. The number of aromatic nitrogens is 2. The minimum Gasteiger partial charge on any atom is -0.495 e. The van der Waals surface area contributed by atoms with Crippen molar-refractivity contribution in [3.63, 3.8) is 0 Å². The van der Waals surface area contributed by atoms with Gasteiger partial charge in [0.25, 0.3) is 5.91 Å². The molecule has 0 aliphatic heterocycles. The van der Waals surface area contributed by atoms with E-state index in [0.717, 1.165) is 27.8 Å². The number of carbonyl (C=O) groups is 2. The molecule has 3 aromatic rings. The van der Waals surface area contributed by atoms with Crippen molar-refractivity contribution < 1.29 is 40.3 Å². The molecule has 0 saturated heterocycles. The van der Waals surface area contributed by atoms with Crippen LogP contribution in [0.1, 0.15) is 56.5 Å². The molecule has 16 heteroatoms. The lowest BCUT2D eigenvalue weighted by atomic mass is 9.99. The number of alkyl halides is 3. The summed E-state index contributed by atoms with van der Waals surface area (Å²) in [5, 5.41) is 0.340. The Morgan fingerprint density at radius 1 is 1.16 bits per heavy atom. The van der Waals surface area contributed by atoms with Crippen LogP contribution in [0.4, 0.5) is 17.6 Å². The second-order valence-corrected chi connectivity index (χ2v) is 13.7. The molecule has 0 bridgehead atoms. The lowest BCUT2D eigenvalue weighted by Gasteiger charge is -2.27. The lowest BCUT2D eigenvalue weighted by Crippen LogP contribution is -2.40. The summed E-state index contributed by atoms with van der Waals surface area (Å²) < 4.78 is 86.2. The van der Waals surface area contributed by atoms with Crippen molar-refractivity contribution in [2.45, 2.75) is 50.7 Å². The number of hydrogen-bond donors (Lipinski definition) is 1. The number of pyridine rings is 1. The molecule has 2 aromatic heterocycles. The van der Waals surface area contributed by atoms with Gasteiger partial charge in [0.1, 0.15) is 22.3 Å². The number of thiazole rings is 1. The van der Waals surface area contributed by atoms with Crippen LogP contribution in [0.2, 0.25) is 0 Å². The van der Waals surface area contributed by atoms with Gasteiger partial charge in [-0.3, -0.25) is 14.6 Å². The molecule has 2 heterocycles. The van der Waals surface area contributed by atoms with Crippen molar-refractivity contribution >= 4 is 33.4 Å². The molecule has 0 radical (unpaired) electrons. The van der Waals surface area contributed by atoms with E-state index in [9.17, 15) is 35.6 Å². The van der Waals surface area contributed by atoms with E-state index in [1.54, 1.807) is 19.1 Å². The summed E-state index contributed by atoms with van der Waals surface area (Å²) in [4.78, 5) is 37.3. The van der Waals surface area contributed by atoms with Crippen molar-refractivity contribution in [1.29, 1.82) is 0 Å². The van der Waals surface area contributed by atoms with Crippen LogP contribution in [-0.4, -0.2) is 67.2 Å². The number of hydrogen-bond acceptors (Lipinski definition) is 8.